The predicted octanol–water partition coefficient (Wildman–Crippen LogP) is 3.43. The van der Waals surface area contributed by atoms with Gasteiger partial charge in [0.1, 0.15) is 11.6 Å². The second kappa shape index (κ2) is 9.22. The van der Waals surface area contributed by atoms with E-state index >= 15 is 0 Å². The average molecular weight is 348 g/mol. The molecular formula is C19H22F2N2O2. The van der Waals surface area contributed by atoms with E-state index in [-0.39, 0.29) is 18.1 Å². The number of nitrogens with zero attached hydrogens (tertiary/aromatic N) is 2. The number of pyridine rings is 1. The largest absolute Gasteiger partial charge is 0.483 e. The van der Waals surface area contributed by atoms with Crippen LogP contribution in [0.15, 0.2) is 36.5 Å². The van der Waals surface area contributed by atoms with Crippen molar-refractivity contribution in [1.29, 1.82) is 0 Å². The predicted molar refractivity (Wildman–Crippen MR) is 91.1 cm³/mol. The van der Waals surface area contributed by atoms with Crippen molar-refractivity contribution >= 4 is 6.47 Å². The molecule has 0 radical (unpaired) electrons. The maximum atomic E-state index is 13.6. The van der Waals surface area contributed by atoms with Crippen molar-refractivity contribution in [3.8, 4) is 0 Å². The van der Waals surface area contributed by atoms with E-state index in [4.69, 9.17) is 9.90 Å². The molecule has 1 aliphatic rings. The number of aromatic nitrogens is 1. The number of likely N-dealkylation sites (tertiary alicyclic amines) is 1. The number of carbonyl (C=O) groups is 1. The maximum Gasteiger partial charge on any atom is 0.290 e. The van der Waals surface area contributed by atoms with E-state index in [0.29, 0.717) is 23.7 Å². The summed E-state index contributed by atoms with van der Waals surface area (Å²) in [6.45, 7) is 4.00. The lowest BCUT2D eigenvalue weighted by molar-refractivity contribution is -0.122. The van der Waals surface area contributed by atoms with Crippen LogP contribution in [-0.2, 0) is 17.8 Å². The lowest BCUT2D eigenvalue weighted by Gasteiger charge is -2.16. The summed E-state index contributed by atoms with van der Waals surface area (Å²) >= 11 is 0. The van der Waals surface area contributed by atoms with Gasteiger partial charge in [-0.3, -0.25) is 14.7 Å². The molecule has 25 heavy (non-hydrogen) atoms. The molecular weight excluding hydrogens is 326 g/mol. The minimum absolute atomic E-state index is 0.151. The van der Waals surface area contributed by atoms with Crippen LogP contribution in [0, 0.1) is 24.5 Å². The normalized spacial score (nSPS) is 17.0. The van der Waals surface area contributed by atoms with Gasteiger partial charge in [-0.15, -0.1) is 0 Å². The summed E-state index contributed by atoms with van der Waals surface area (Å²) in [6.07, 6.45) is 3.67. The van der Waals surface area contributed by atoms with Crippen LogP contribution in [0.4, 0.5) is 8.78 Å². The van der Waals surface area contributed by atoms with Crippen LogP contribution < -0.4 is 0 Å². The molecule has 1 aliphatic heterocycles. The number of aryl methyl sites for hydroxylation is 1. The molecule has 1 unspecified atom stereocenters. The first kappa shape index (κ1) is 19.0. The minimum atomic E-state index is -0.250. The zero-order valence-electron chi connectivity index (χ0n) is 14.2. The Morgan fingerprint density at radius 2 is 2.08 bits per heavy atom. The molecule has 6 heteroatoms. The molecule has 3 rings (SSSR count). The summed E-state index contributed by atoms with van der Waals surface area (Å²) < 4.78 is 26.9. The van der Waals surface area contributed by atoms with Crippen LogP contribution in [0.5, 0.6) is 0 Å². The van der Waals surface area contributed by atoms with Crippen molar-refractivity contribution in [2.24, 2.45) is 5.92 Å². The van der Waals surface area contributed by atoms with Gasteiger partial charge in [-0.1, -0.05) is 12.1 Å². The Morgan fingerprint density at radius 1 is 1.32 bits per heavy atom. The van der Waals surface area contributed by atoms with Gasteiger partial charge in [0.15, 0.2) is 0 Å². The summed E-state index contributed by atoms with van der Waals surface area (Å²) in [4.78, 5) is 14.7. The molecule has 2 heterocycles. The van der Waals surface area contributed by atoms with E-state index in [1.807, 2.05) is 12.1 Å². The highest BCUT2D eigenvalue weighted by atomic mass is 19.1. The van der Waals surface area contributed by atoms with Gasteiger partial charge in [-0.25, -0.2) is 8.78 Å². The van der Waals surface area contributed by atoms with Crippen molar-refractivity contribution < 1.29 is 18.7 Å². The number of halogens is 2. The molecule has 1 aromatic heterocycles. The quantitative estimate of drug-likeness (QED) is 0.860. The van der Waals surface area contributed by atoms with Crippen LogP contribution >= 0.6 is 0 Å². The Kier molecular flexibility index (Phi) is 7.01. The average Bonchev–Trinajstić information content (AvgIpc) is 3.01. The van der Waals surface area contributed by atoms with Crippen LogP contribution in [0.3, 0.4) is 0 Å². The fourth-order valence-electron chi connectivity index (χ4n) is 3.14. The maximum absolute atomic E-state index is 13.6. The molecule has 1 saturated heterocycles. The number of hydrogen-bond donors (Lipinski definition) is 1. The first-order valence-corrected chi connectivity index (χ1v) is 8.18. The molecule has 4 nitrogen and oxygen atoms in total. The molecule has 1 fully saturated rings. The SMILES string of the molecule is Cc1cc(CC2CCN(Cc3ncccc3F)C2)ccc1F.O=CO. The van der Waals surface area contributed by atoms with Crippen LogP contribution in [0.1, 0.15) is 23.2 Å². The van der Waals surface area contributed by atoms with Gasteiger partial charge >= 0.3 is 0 Å². The molecule has 1 N–H and O–H groups in total. The standard InChI is InChI=1S/C18H20F2N2.CH2O2/c1-13-9-14(4-5-16(13)19)10-15-6-8-22(11-15)12-18-17(20)3-2-7-21-18;2-1-3/h2-5,7,9,15H,6,8,10-12H2,1H3;1H,(H,2,3). The summed E-state index contributed by atoms with van der Waals surface area (Å²) in [5.41, 5.74) is 2.39. The van der Waals surface area contributed by atoms with E-state index in [9.17, 15) is 8.78 Å². The third-order valence-corrected chi connectivity index (χ3v) is 4.32. The summed E-state index contributed by atoms with van der Waals surface area (Å²) in [6, 6.07) is 8.40. The molecule has 0 spiro atoms. The highest BCUT2D eigenvalue weighted by molar-refractivity contribution is 5.32. The fourth-order valence-corrected chi connectivity index (χ4v) is 3.14. The van der Waals surface area contributed by atoms with Crippen LogP contribution in [0.2, 0.25) is 0 Å². The summed E-state index contributed by atoms with van der Waals surface area (Å²) in [5, 5.41) is 6.89. The molecule has 2 aromatic rings. The van der Waals surface area contributed by atoms with E-state index < -0.39 is 0 Å². The Balaban J connectivity index is 0.000000701. The van der Waals surface area contributed by atoms with E-state index in [1.165, 1.54) is 11.6 Å². The van der Waals surface area contributed by atoms with E-state index in [1.54, 1.807) is 25.3 Å². The second-order valence-electron chi connectivity index (χ2n) is 6.21. The lowest BCUT2D eigenvalue weighted by atomic mass is 9.97. The van der Waals surface area contributed by atoms with Crippen molar-refractivity contribution in [3.05, 3.63) is 65.0 Å². The van der Waals surface area contributed by atoms with Gasteiger partial charge in [0, 0.05) is 19.3 Å². The molecule has 0 amide bonds. The van der Waals surface area contributed by atoms with Crippen LogP contribution in [-0.4, -0.2) is 34.6 Å². The van der Waals surface area contributed by atoms with Gasteiger partial charge in [0.05, 0.1) is 5.69 Å². The Hall–Kier alpha value is -2.34. The van der Waals surface area contributed by atoms with E-state index in [2.05, 4.69) is 9.88 Å². The smallest absolute Gasteiger partial charge is 0.290 e. The number of rotatable bonds is 4. The van der Waals surface area contributed by atoms with Gasteiger partial charge < -0.3 is 5.11 Å². The highest BCUT2D eigenvalue weighted by Crippen LogP contribution is 2.23. The molecule has 0 bridgehead atoms. The Bertz CT molecular complexity index is 710. The first-order chi connectivity index (χ1) is 12.0. The van der Waals surface area contributed by atoms with Crippen LogP contribution in [0.25, 0.3) is 0 Å². The van der Waals surface area contributed by atoms with Gasteiger partial charge in [-0.05, 0) is 61.6 Å². The zero-order chi connectivity index (χ0) is 18.2. The van der Waals surface area contributed by atoms with Gasteiger partial charge in [0.2, 0.25) is 0 Å². The first-order valence-electron chi connectivity index (χ1n) is 8.18. The van der Waals surface area contributed by atoms with Crippen molar-refractivity contribution in [3.63, 3.8) is 0 Å². The lowest BCUT2D eigenvalue weighted by Crippen LogP contribution is -2.22. The van der Waals surface area contributed by atoms with E-state index in [0.717, 1.165) is 25.9 Å². The topological polar surface area (TPSA) is 53.4 Å². The van der Waals surface area contributed by atoms with Crippen molar-refractivity contribution in [1.82, 2.24) is 9.88 Å². The summed E-state index contributed by atoms with van der Waals surface area (Å²) in [7, 11) is 0. The molecule has 1 aromatic carbocycles. The zero-order valence-corrected chi connectivity index (χ0v) is 14.2. The molecule has 0 saturated carbocycles. The number of benzene rings is 1. The molecule has 134 valence electrons. The Labute approximate surface area is 146 Å². The Morgan fingerprint density at radius 3 is 2.76 bits per heavy atom. The van der Waals surface area contributed by atoms with Gasteiger partial charge in [0.25, 0.3) is 6.47 Å². The van der Waals surface area contributed by atoms with Crippen molar-refractivity contribution in [2.45, 2.75) is 26.3 Å². The summed E-state index contributed by atoms with van der Waals surface area (Å²) in [5.74, 6) is 0.152. The second-order valence-corrected chi connectivity index (χ2v) is 6.21. The van der Waals surface area contributed by atoms with Crippen molar-refractivity contribution in [2.75, 3.05) is 13.1 Å². The van der Waals surface area contributed by atoms with Gasteiger partial charge in [-0.2, -0.15) is 0 Å². The fraction of sp³-hybridized carbons (Fsp3) is 0.368. The monoisotopic (exact) mass is 348 g/mol. The highest BCUT2D eigenvalue weighted by Gasteiger charge is 2.23. The molecule has 0 aliphatic carbocycles. The number of carboxylic acid groups (broad SMARTS) is 1. The molecule has 1 atom stereocenters. The number of hydrogen-bond acceptors (Lipinski definition) is 3. The minimum Gasteiger partial charge on any atom is -0.483 e. The third kappa shape index (κ3) is 5.60. The third-order valence-electron chi connectivity index (χ3n) is 4.32.